The van der Waals surface area contributed by atoms with E-state index in [-0.39, 0.29) is 24.1 Å². The van der Waals surface area contributed by atoms with Gasteiger partial charge in [-0.3, -0.25) is 4.98 Å². The van der Waals surface area contributed by atoms with E-state index < -0.39 is 5.97 Å². The van der Waals surface area contributed by atoms with Crippen molar-refractivity contribution in [2.75, 3.05) is 11.9 Å². The molecule has 0 saturated heterocycles. The molecule has 1 fully saturated rings. The first-order chi connectivity index (χ1) is 9.02. The standard InChI is InChI=1S/C14H20N2O3/c1-8-6-12(13(14(18)19)9(2)15-8)16-11-5-3-4-10(11)7-17/h6,10-11,17H,3-5,7H2,1-2H3,(H,15,16)(H,18,19). The molecule has 1 heterocycles. The number of hydrogen-bond donors (Lipinski definition) is 3. The summed E-state index contributed by atoms with van der Waals surface area (Å²) in [6.45, 7) is 3.70. The minimum absolute atomic E-state index is 0.142. The highest BCUT2D eigenvalue weighted by Crippen LogP contribution is 2.30. The van der Waals surface area contributed by atoms with Crippen LogP contribution in [0.5, 0.6) is 0 Å². The van der Waals surface area contributed by atoms with Crippen molar-refractivity contribution < 1.29 is 15.0 Å². The van der Waals surface area contributed by atoms with Crippen LogP contribution in [0, 0.1) is 19.8 Å². The minimum atomic E-state index is -0.967. The second-order valence-corrected chi connectivity index (χ2v) is 5.20. The van der Waals surface area contributed by atoms with E-state index in [4.69, 9.17) is 0 Å². The lowest BCUT2D eigenvalue weighted by Gasteiger charge is -2.22. The molecule has 3 N–H and O–H groups in total. The predicted molar refractivity (Wildman–Crippen MR) is 72.5 cm³/mol. The normalized spacial score (nSPS) is 22.5. The van der Waals surface area contributed by atoms with Crippen LogP contribution in [0.3, 0.4) is 0 Å². The molecule has 0 aliphatic heterocycles. The molecule has 1 aromatic heterocycles. The van der Waals surface area contributed by atoms with Crippen LogP contribution in [0.15, 0.2) is 6.07 Å². The van der Waals surface area contributed by atoms with Gasteiger partial charge in [-0.05, 0) is 32.8 Å². The highest BCUT2D eigenvalue weighted by Gasteiger charge is 2.28. The lowest BCUT2D eigenvalue weighted by atomic mass is 10.0. The summed E-state index contributed by atoms with van der Waals surface area (Å²) in [5.74, 6) is -0.763. The summed E-state index contributed by atoms with van der Waals surface area (Å²) in [4.78, 5) is 15.5. The number of aryl methyl sites for hydroxylation is 2. The van der Waals surface area contributed by atoms with Crippen LogP contribution < -0.4 is 5.32 Å². The quantitative estimate of drug-likeness (QED) is 0.774. The van der Waals surface area contributed by atoms with E-state index in [9.17, 15) is 15.0 Å². The molecule has 2 unspecified atom stereocenters. The Morgan fingerprint density at radius 1 is 1.47 bits per heavy atom. The largest absolute Gasteiger partial charge is 0.478 e. The lowest BCUT2D eigenvalue weighted by molar-refractivity contribution is 0.0696. The first-order valence-electron chi connectivity index (χ1n) is 6.62. The summed E-state index contributed by atoms with van der Waals surface area (Å²) in [7, 11) is 0. The molecule has 104 valence electrons. The number of aromatic carboxylic acids is 1. The number of aliphatic hydroxyl groups excluding tert-OH is 1. The molecule has 0 aromatic carbocycles. The van der Waals surface area contributed by atoms with Crippen molar-refractivity contribution in [1.29, 1.82) is 0 Å². The maximum atomic E-state index is 11.3. The molecule has 0 radical (unpaired) electrons. The molecule has 0 bridgehead atoms. The summed E-state index contributed by atoms with van der Waals surface area (Å²) in [6.07, 6.45) is 3.01. The number of rotatable bonds is 4. The lowest BCUT2D eigenvalue weighted by Crippen LogP contribution is -2.27. The summed E-state index contributed by atoms with van der Waals surface area (Å²) in [5.41, 5.74) is 2.16. The molecule has 5 nitrogen and oxygen atoms in total. The van der Waals surface area contributed by atoms with Crippen molar-refractivity contribution in [3.05, 3.63) is 23.0 Å². The molecule has 1 aliphatic carbocycles. The average molecular weight is 264 g/mol. The second-order valence-electron chi connectivity index (χ2n) is 5.20. The Bertz CT molecular complexity index is 488. The Hall–Kier alpha value is -1.62. The second kappa shape index (κ2) is 5.57. The van der Waals surface area contributed by atoms with Crippen LogP contribution in [0.2, 0.25) is 0 Å². The molecule has 2 atom stereocenters. The molecule has 5 heteroatoms. The molecular weight excluding hydrogens is 244 g/mol. The van der Waals surface area contributed by atoms with Gasteiger partial charge in [-0.1, -0.05) is 6.42 Å². The summed E-state index contributed by atoms with van der Waals surface area (Å²) >= 11 is 0. The SMILES string of the molecule is Cc1cc(NC2CCCC2CO)c(C(=O)O)c(C)n1. The fraction of sp³-hybridized carbons (Fsp3) is 0.571. The molecule has 2 rings (SSSR count). The van der Waals surface area contributed by atoms with Gasteiger partial charge in [-0.15, -0.1) is 0 Å². The van der Waals surface area contributed by atoms with E-state index in [1.54, 1.807) is 13.0 Å². The number of nitrogens with zero attached hydrogens (tertiary/aromatic N) is 1. The van der Waals surface area contributed by atoms with E-state index in [1.807, 2.05) is 6.92 Å². The number of hydrogen-bond acceptors (Lipinski definition) is 4. The third-order valence-electron chi connectivity index (χ3n) is 3.78. The first-order valence-corrected chi connectivity index (χ1v) is 6.62. The zero-order chi connectivity index (χ0) is 14.0. The Morgan fingerprint density at radius 3 is 2.84 bits per heavy atom. The van der Waals surface area contributed by atoms with Gasteiger partial charge in [0, 0.05) is 24.3 Å². The van der Waals surface area contributed by atoms with Crippen LogP contribution in [0.25, 0.3) is 0 Å². The van der Waals surface area contributed by atoms with Crippen molar-refractivity contribution in [2.24, 2.45) is 5.92 Å². The number of aromatic nitrogens is 1. The van der Waals surface area contributed by atoms with Crippen LogP contribution in [-0.4, -0.2) is 33.8 Å². The van der Waals surface area contributed by atoms with Crippen molar-refractivity contribution >= 4 is 11.7 Å². The van der Waals surface area contributed by atoms with Crippen LogP contribution in [0.1, 0.15) is 41.0 Å². The molecule has 0 amide bonds. The molecule has 19 heavy (non-hydrogen) atoms. The van der Waals surface area contributed by atoms with Gasteiger partial charge in [-0.2, -0.15) is 0 Å². The number of aliphatic hydroxyl groups is 1. The van der Waals surface area contributed by atoms with E-state index in [0.717, 1.165) is 25.0 Å². The molecule has 0 spiro atoms. The van der Waals surface area contributed by atoms with Gasteiger partial charge in [0.15, 0.2) is 0 Å². The Kier molecular flexibility index (Phi) is 4.04. The van der Waals surface area contributed by atoms with Gasteiger partial charge in [-0.25, -0.2) is 4.79 Å². The summed E-state index contributed by atoms with van der Waals surface area (Å²) in [5, 5.41) is 21.9. The van der Waals surface area contributed by atoms with Gasteiger partial charge in [0.1, 0.15) is 5.56 Å². The van der Waals surface area contributed by atoms with Gasteiger partial charge >= 0.3 is 5.97 Å². The van der Waals surface area contributed by atoms with Gasteiger partial charge < -0.3 is 15.5 Å². The molecule has 1 saturated carbocycles. The summed E-state index contributed by atoms with van der Waals surface area (Å²) in [6, 6.07) is 1.91. The van der Waals surface area contributed by atoms with Gasteiger partial charge in [0.2, 0.25) is 0 Å². The Balaban J connectivity index is 2.31. The predicted octanol–water partition coefficient (Wildman–Crippen LogP) is 1.97. The first kappa shape index (κ1) is 13.8. The van der Waals surface area contributed by atoms with E-state index >= 15 is 0 Å². The monoisotopic (exact) mass is 264 g/mol. The Morgan fingerprint density at radius 2 is 2.21 bits per heavy atom. The van der Waals surface area contributed by atoms with Gasteiger partial charge in [0.05, 0.1) is 11.4 Å². The summed E-state index contributed by atoms with van der Waals surface area (Å²) < 4.78 is 0. The zero-order valence-electron chi connectivity index (χ0n) is 11.3. The fourth-order valence-corrected chi connectivity index (χ4v) is 2.86. The molecule has 1 aromatic rings. The van der Waals surface area contributed by atoms with E-state index in [1.165, 1.54) is 0 Å². The topological polar surface area (TPSA) is 82.5 Å². The van der Waals surface area contributed by atoms with Crippen molar-refractivity contribution in [3.8, 4) is 0 Å². The average Bonchev–Trinajstić information content (AvgIpc) is 2.74. The van der Waals surface area contributed by atoms with Crippen LogP contribution in [0.4, 0.5) is 5.69 Å². The number of anilines is 1. The number of carboxylic acids is 1. The van der Waals surface area contributed by atoms with Crippen molar-refractivity contribution in [3.63, 3.8) is 0 Å². The third-order valence-corrected chi connectivity index (χ3v) is 3.78. The maximum absolute atomic E-state index is 11.3. The van der Waals surface area contributed by atoms with Crippen molar-refractivity contribution in [2.45, 2.75) is 39.2 Å². The molecule has 1 aliphatic rings. The zero-order valence-corrected chi connectivity index (χ0v) is 11.3. The third kappa shape index (κ3) is 2.87. The maximum Gasteiger partial charge on any atom is 0.339 e. The fourth-order valence-electron chi connectivity index (χ4n) is 2.86. The van der Waals surface area contributed by atoms with Crippen molar-refractivity contribution in [1.82, 2.24) is 4.98 Å². The number of pyridine rings is 1. The minimum Gasteiger partial charge on any atom is -0.478 e. The Labute approximate surface area is 112 Å². The van der Waals surface area contributed by atoms with E-state index in [0.29, 0.717) is 11.4 Å². The molecular formula is C14H20N2O3. The number of carboxylic acid groups (broad SMARTS) is 1. The highest BCUT2D eigenvalue weighted by atomic mass is 16.4. The van der Waals surface area contributed by atoms with Crippen LogP contribution >= 0.6 is 0 Å². The van der Waals surface area contributed by atoms with Gasteiger partial charge in [0.25, 0.3) is 0 Å². The van der Waals surface area contributed by atoms with Crippen LogP contribution in [-0.2, 0) is 0 Å². The number of carbonyl (C=O) groups is 1. The number of nitrogens with one attached hydrogen (secondary N) is 1. The smallest absolute Gasteiger partial charge is 0.339 e. The highest BCUT2D eigenvalue weighted by molar-refractivity contribution is 5.95. The van der Waals surface area contributed by atoms with E-state index in [2.05, 4.69) is 10.3 Å².